The summed E-state index contributed by atoms with van der Waals surface area (Å²) in [6, 6.07) is 12.9. The smallest absolute Gasteiger partial charge is 0.322 e. The number of aryl methyl sites for hydroxylation is 1. The molecule has 0 fully saturated rings. The lowest BCUT2D eigenvalue weighted by atomic mass is 10.1. The summed E-state index contributed by atoms with van der Waals surface area (Å²) < 4.78 is 66.9. The maximum atomic E-state index is 12.9. The molecular formula is C22H18ClF3N2O3S. The standard InChI is InChI=1S/C22H18ClF3N2O3S/c1-13-9-10-17(32(30,31)28-20-8-4-7-19(23)14(20)2)12-18(13)21(29)27-16-6-3-5-15(11-16)22(24,25)26/h3-12,28H,1-2H3,(H,27,29). The maximum Gasteiger partial charge on any atom is 0.416 e. The lowest BCUT2D eigenvalue weighted by molar-refractivity contribution is -0.137. The van der Waals surface area contributed by atoms with E-state index in [-0.39, 0.29) is 21.8 Å². The molecule has 0 saturated carbocycles. The van der Waals surface area contributed by atoms with Gasteiger partial charge in [-0.25, -0.2) is 8.42 Å². The third-order valence-corrected chi connectivity index (χ3v) is 6.50. The number of alkyl halides is 3. The molecule has 0 aliphatic rings. The molecule has 0 heterocycles. The molecule has 0 radical (unpaired) electrons. The fraction of sp³-hybridized carbons (Fsp3) is 0.136. The molecule has 0 aliphatic carbocycles. The third kappa shape index (κ3) is 5.23. The summed E-state index contributed by atoms with van der Waals surface area (Å²) >= 11 is 6.03. The van der Waals surface area contributed by atoms with Crippen LogP contribution in [0.1, 0.15) is 27.0 Å². The van der Waals surface area contributed by atoms with Crippen molar-refractivity contribution in [3.8, 4) is 0 Å². The second kappa shape index (κ2) is 8.84. The van der Waals surface area contributed by atoms with Crippen LogP contribution in [0.5, 0.6) is 0 Å². The number of amides is 1. The van der Waals surface area contributed by atoms with Gasteiger partial charge in [-0.05, 0) is 67.4 Å². The van der Waals surface area contributed by atoms with Crippen molar-refractivity contribution in [3.63, 3.8) is 0 Å². The van der Waals surface area contributed by atoms with Gasteiger partial charge in [0.15, 0.2) is 0 Å². The van der Waals surface area contributed by atoms with Crippen molar-refractivity contribution in [1.82, 2.24) is 0 Å². The minimum absolute atomic E-state index is 0.00750. The number of rotatable bonds is 5. The maximum absolute atomic E-state index is 12.9. The molecule has 10 heteroatoms. The Bertz CT molecular complexity index is 1290. The zero-order chi connectivity index (χ0) is 23.7. The van der Waals surface area contributed by atoms with E-state index >= 15 is 0 Å². The van der Waals surface area contributed by atoms with Crippen molar-refractivity contribution in [2.45, 2.75) is 24.9 Å². The zero-order valence-corrected chi connectivity index (χ0v) is 18.5. The lowest BCUT2D eigenvalue weighted by Gasteiger charge is -2.14. The number of hydrogen-bond donors (Lipinski definition) is 2. The van der Waals surface area contributed by atoms with E-state index in [1.807, 2.05) is 0 Å². The summed E-state index contributed by atoms with van der Waals surface area (Å²) in [6.45, 7) is 3.25. The molecule has 32 heavy (non-hydrogen) atoms. The SMILES string of the molecule is Cc1ccc(S(=O)(=O)Nc2cccc(Cl)c2C)cc1C(=O)Nc1cccc(C(F)(F)F)c1. The number of sulfonamides is 1. The van der Waals surface area contributed by atoms with E-state index < -0.39 is 27.7 Å². The van der Waals surface area contributed by atoms with Gasteiger partial charge in [0.25, 0.3) is 15.9 Å². The zero-order valence-electron chi connectivity index (χ0n) is 16.9. The molecule has 5 nitrogen and oxygen atoms in total. The molecule has 3 aromatic carbocycles. The summed E-state index contributed by atoms with van der Waals surface area (Å²) in [4.78, 5) is 12.5. The van der Waals surface area contributed by atoms with Crippen LogP contribution in [-0.4, -0.2) is 14.3 Å². The van der Waals surface area contributed by atoms with Crippen LogP contribution in [0, 0.1) is 13.8 Å². The number of nitrogens with one attached hydrogen (secondary N) is 2. The summed E-state index contributed by atoms with van der Waals surface area (Å²) in [7, 11) is -4.06. The molecule has 0 bridgehead atoms. The fourth-order valence-corrected chi connectivity index (χ4v) is 4.23. The Balaban J connectivity index is 1.90. The van der Waals surface area contributed by atoms with Gasteiger partial charge in [-0.15, -0.1) is 0 Å². The predicted octanol–water partition coefficient (Wildman–Crippen LogP) is 6.03. The average molecular weight is 483 g/mol. The normalized spacial score (nSPS) is 11.8. The molecule has 0 spiro atoms. The molecule has 0 saturated heterocycles. The Morgan fingerprint density at radius 3 is 2.34 bits per heavy atom. The number of halogens is 4. The van der Waals surface area contributed by atoms with Crippen LogP contribution >= 0.6 is 11.6 Å². The van der Waals surface area contributed by atoms with Gasteiger partial charge >= 0.3 is 6.18 Å². The van der Waals surface area contributed by atoms with Crippen LogP contribution in [-0.2, 0) is 16.2 Å². The first kappa shape index (κ1) is 23.6. The molecule has 3 rings (SSSR count). The van der Waals surface area contributed by atoms with E-state index in [1.54, 1.807) is 32.0 Å². The van der Waals surface area contributed by atoms with E-state index in [4.69, 9.17) is 11.6 Å². The number of anilines is 2. The number of carbonyl (C=O) groups is 1. The van der Waals surface area contributed by atoms with Crippen LogP contribution in [0.3, 0.4) is 0 Å². The van der Waals surface area contributed by atoms with Crippen molar-refractivity contribution >= 4 is 38.9 Å². The monoisotopic (exact) mass is 482 g/mol. The summed E-state index contributed by atoms with van der Waals surface area (Å²) in [5, 5.41) is 2.77. The van der Waals surface area contributed by atoms with E-state index in [0.29, 0.717) is 16.1 Å². The molecule has 2 N–H and O–H groups in total. The predicted molar refractivity (Wildman–Crippen MR) is 118 cm³/mol. The first-order valence-electron chi connectivity index (χ1n) is 9.26. The van der Waals surface area contributed by atoms with Crippen molar-refractivity contribution in [2.75, 3.05) is 10.0 Å². The van der Waals surface area contributed by atoms with Crippen LogP contribution in [0.25, 0.3) is 0 Å². The van der Waals surface area contributed by atoms with Gasteiger partial charge in [-0.1, -0.05) is 29.8 Å². The quantitative estimate of drug-likeness (QED) is 0.466. The van der Waals surface area contributed by atoms with E-state index in [2.05, 4.69) is 10.0 Å². The summed E-state index contributed by atoms with van der Waals surface area (Å²) in [5.74, 6) is -0.738. The highest BCUT2D eigenvalue weighted by Crippen LogP contribution is 2.31. The largest absolute Gasteiger partial charge is 0.416 e. The molecule has 168 valence electrons. The van der Waals surface area contributed by atoms with E-state index in [1.165, 1.54) is 30.3 Å². The molecule has 3 aromatic rings. The first-order chi connectivity index (χ1) is 14.9. The Morgan fingerprint density at radius 2 is 1.66 bits per heavy atom. The third-order valence-electron chi connectivity index (χ3n) is 4.72. The van der Waals surface area contributed by atoms with Crippen molar-refractivity contribution in [2.24, 2.45) is 0 Å². The second-order valence-corrected chi connectivity index (χ2v) is 9.12. The Labute approximate surface area is 188 Å². The summed E-state index contributed by atoms with van der Waals surface area (Å²) in [5.41, 5.74) is 0.301. The number of hydrogen-bond acceptors (Lipinski definition) is 3. The highest BCUT2D eigenvalue weighted by Gasteiger charge is 2.30. The average Bonchev–Trinajstić information content (AvgIpc) is 2.71. The summed E-state index contributed by atoms with van der Waals surface area (Å²) in [6.07, 6.45) is -4.56. The fourth-order valence-electron chi connectivity index (χ4n) is 2.91. The lowest BCUT2D eigenvalue weighted by Crippen LogP contribution is -2.17. The number of carbonyl (C=O) groups excluding carboxylic acids is 1. The topological polar surface area (TPSA) is 75.3 Å². The molecular weight excluding hydrogens is 465 g/mol. The van der Waals surface area contributed by atoms with Gasteiger partial charge in [-0.3, -0.25) is 9.52 Å². The number of benzene rings is 3. The van der Waals surface area contributed by atoms with Crippen LogP contribution in [0.4, 0.5) is 24.5 Å². The van der Waals surface area contributed by atoms with E-state index in [9.17, 15) is 26.4 Å². The van der Waals surface area contributed by atoms with Gasteiger partial charge in [0.1, 0.15) is 0 Å². The second-order valence-electron chi connectivity index (χ2n) is 7.03. The Morgan fingerprint density at radius 1 is 0.969 bits per heavy atom. The molecule has 0 unspecified atom stereocenters. The van der Waals surface area contributed by atoms with Crippen LogP contribution in [0.15, 0.2) is 65.6 Å². The Hall–Kier alpha value is -3.04. The van der Waals surface area contributed by atoms with Gasteiger partial charge in [-0.2, -0.15) is 13.2 Å². The molecule has 0 atom stereocenters. The van der Waals surface area contributed by atoms with Crippen molar-refractivity contribution in [1.29, 1.82) is 0 Å². The van der Waals surface area contributed by atoms with Crippen LogP contribution < -0.4 is 10.0 Å². The van der Waals surface area contributed by atoms with E-state index in [0.717, 1.165) is 12.1 Å². The van der Waals surface area contributed by atoms with Crippen molar-refractivity contribution in [3.05, 3.63) is 87.9 Å². The minimum Gasteiger partial charge on any atom is -0.322 e. The molecule has 0 aromatic heterocycles. The van der Waals surface area contributed by atoms with Gasteiger partial charge < -0.3 is 5.32 Å². The molecule has 0 aliphatic heterocycles. The first-order valence-corrected chi connectivity index (χ1v) is 11.1. The Kier molecular flexibility index (Phi) is 6.52. The van der Waals surface area contributed by atoms with Crippen molar-refractivity contribution < 1.29 is 26.4 Å². The highest BCUT2D eigenvalue weighted by atomic mass is 35.5. The minimum atomic E-state index is -4.56. The van der Waals surface area contributed by atoms with Gasteiger partial charge in [0, 0.05) is 16.3 Å². The van der Waals surface area contributed by atoms with Crippen LogP contribution in [0.2, 0.25) is 5.02 Å². The van der Waals surface area contributed by atoms with Gasteiger partial charge in [0.2, 0.25) is 0 Å². The highest BCUT2D eigenvalue weighted by molar-refractivity contribution is 7.92. The molecule has 1 amide bonds. The van der Waals surface area contributed by atoms with Gasteiger partial charge in [0.05, 0.1) is 16.1 Å².